The standard InChI is InChI=1S/C24H22ClN3O2/c1-14-11-19(12-15(2)22(14)25)29-13-17-7-9-18(10-8-17)24-27-23(28-30-24)20-5-4-6-21(26)16(20)3/h4-12H,13,26H2,1-3H3. The molecule has 2 N–H and O–H groups in total. The first kappa shape index (κ1) is 20.0. The molecule has 0 amide bonds. The zero-order valence-electron chi connectivity index (χ0n) is 17.1. The second kappa shape index (κ2) is 8.20. The Morgan fingerprint density at radius 1 is 1.00 bits per heavy atom. The predicted octanol–water partition coefficient (Wildman–Crippen LogP) is 6.14. The molecule has 0 bridgehead atoms. The van der Waals surface area contributed by atoms with Crippen LogP contribution in [0.5, 0.6) is 5.75 Å². The van der Waals surface area contributed by atoms with E-state index in [0.717, 1.165) is 44.2 Å². The fourth-order valence-corrected chi connectivity index (χ4v) is 3.35. The summed E-state index contributed by atoms with van der Waals surface area (Å²) >= 11 is 6.22. The summed E-state index contributed by atoms with van der Waals surface area (Å²) in [6, 6.07) is 17.4. The van der Waals surface area contributed by atoms with Crippen molar-refractivity contribution in [1.29, 1.82) is 0 Å². The van der Waals surface area contributed by atoms with Crippen molar-refractivity contribution in [3.63, 3.8) is 0 Å². The molecule has 0 saturated carbocycles. The highest BCUT2D eigenvalue weighted by Gasteiger charge is 2.13. The summed E-state index contributed by atoms with van der Waals surface area (Å²) in [6.45, 7) is 6.35. The highest BCUT2D eigenvalue weighted by atomic mass is 35.5. The van der Waals surface area contributed by atoms with Crippen LogP contribution in [0.25, 0.3) is 22.8 Å². The normalized spacial score (nSPS) is 10.9. The third-order valence-corrected chi connectivity index (χ3v) is 5.66. The molecule has 4 aromatic rings. The number of rotatable bonds is 5. The van der Waals surface area contributed by atoms with Gasteiger partial charge in [0.2, 0.25) is 5.82 Å². The van der Waals surface area contributed by atoms with Gasteiger partial charge in [-0.15, -0.1) is 0 Å². The van der Waals surface area contributed by atoms with E-state index >= 15 is 0 Å². The Kier molecular flexibility index (Phi) is 5.46. The van der Waals surface area contributed by atoms with Crippen molar-refractivity contribution >= 4 is 17.3 Å². The molecule has 0 radical (unpaired) electrons. The monoisotopic (exact) mass is 419 g/mol. The SMILES string of the molecule is Cc1cc(OCc2ccc(-c3nc(-c4cccc(N)c4C)no3)cc2)cc(C)c1Cl. The molecule has 152 valence electrons. The second-order valence-electron chi connectivity index (χ2n) is 7.30. The zero-order chi connectivity index (χ0) is 21.3. The number of benzene rings is 3. The molecule has 0 aliphatic heterocycles. The molecule has 30 heavy (non-hydrogen) atoms. The minimum Gasteiger partial charge on any atom is -0.489 e. The first-order valence-electron chi connectivity index (χ1n) is 9.60. The van der Waals surface area contributed by atoms with Crippen molar-refractivity contribution in [2.24, 2.45) is 0 Å². The highest BCUT2D eigenvalue weighted by molar-refractivity contribution is 6.32. The van der Waals surface area contributed by atoms with E-state index in [9.17, 15) is 0 Å². The van der Waals surface area contributed by atoms with Crippen molar-refractivity contribution < 1.29 is 9.26 Å². The molecule has 1 heterocycles. The molecule has 0 aliphatic carbocycles. The van der Waals surface area contributed by atoms with Crippen molar-refractivity contribution in [1.82, 2.24) is 10.1 Å². The number of nitrogens with two attached hydrogens (primary N) is 1. The summed E-state index contributed by atoms with van der Waals surface area (Å²) in [7, 11) is 0. The van der Waals surface area contributed by atoms with E-state index in [4.69, 9.17) is 26.6 Å². The van der Waals surface area contributed by atoms with Crippen LogP contribution in [0, 0.1) is 20.8 Å². The molecule has 0 saturated heterocycles. The summed E-state index contributed by atoms with van der Waals surface area (Å²) in [5.74, 6) is 1.79. The maximum atomic E-state index is 6.22. The lowest BCUT2D eigenvalue weighted by molar-refractivity contribution is 0.306. The maximum Gasteiger partial charge on any atom is 0.258 e. The third-order valence-electron chi connectivity index (χ3n) is 5.06. The summed E-state index contributed by atoms with van der Waals surface area (Å²) in [5.41, 5.74) is 12.4. The number of aromatic nitrogens is 2. The summed E-state index contributed by atoms with van der Waals surface area (Å²) in [6.07, 6.45) is 0. The van der Waals surface area contributed by atoms with Crippen LogP contribution >= 0.6 is 11.6 Å². The van der Waals surface area contributed by atoms with Gasteiger partial charge < -0.3 is 15.0 Å². The number of halogens is 1. The van der Waals surface area contributed by atoms with Gasteiger partial charge in [0.25, 0.3) is 5.89 Å². The van der Waals surface area contributed by atoms with Gasteiger partial charge in [0.05, 0.1) is 0 Å². The molecule has 3 aromatic carbocycles. The van der Waals surface area contributed by atoms with E-state index in [1.165, 1.54) is 0 Å². The van der Waals surface area contributed by atoms with Gasteiger partial charge in [-0.1, -0.05) is 41.0 Å². The highest BCUT2D eigenvalue weighted by Crippen LogP contribution is 2.28. The minimum absolute atomic E-state index is 0.457. The summed E-state index contributed by atoms with van der Waals surface area (Å²) in [4.78, 5) is 4.53. The van der Waals surface area contributed by atoms with Gasteiger partial charge in [-0.05, 0) is 73.4 Å². The first-order valence-corrected chi connectivity index (χ1v) is 9.98. The fraction of sp³-hybridized carbons (Fsp3) is 0.167. The van der Waals surface area contributed by atoms with E-state index in [1.807, 2.05) is 75.4 Å². The molecule has 0 spiro atoms. The Balaban J connectivity index is 1.48. The topological polar surface area (TPSA) is 74.2 Å². The van der Waals surface area contributed by atoms with Crippen LogP contribution in [0.3, 0.4) is 0 Å². The number of ether oxygens (including phenoxy) is 1. The van der Waals surface area contributed by atoms with Crippen LogP contribution in [0.4, 0.5) is 5.69 Å². The second-order valence-corrected chi connectivity index (χ2v) is 7.68. The Bertz CT molecular complexity index is 1180. The number of nitrogen functional groups attached to an aromatic ring is 1. The van der Waals surface area contributed by atoms with Crippen molar-refractivity contribution in [2.75, 3.05) is 5.73 Å². The van der Waals surface area contributed by atoms with Crippen molar-refractivity contribution in [2.45, 2.75) is 27.4 Å². The quantitative estimate of drug-likeness (QED) is 0.393. The van der Waals surface area contributed by atoms with Gasteiger partial charge in [-0.3, -0.25) is 0 Å². The van der Waals surface area contributed by atoms with Gasteiger partial charge in [0.15, 0.2) is 0 Å². The van der Waals surface area contributed by atoms with Crippen LogP contribution in [0.1, 0.15) is 22.3 Å². The number of hydrogen-bond acceptors (Lipinski definition) is 5. The minimum atomic E-state index is 0.457. The Morgan fingerprint density at radius 2 is 1.70 bits per heavy atom. The van der Waals surface area contributed by atoms with Crippen LogP contribution in [-0.4, -0.2) is 10.1 Å². The average Bonchev–Trinajstić information content (AvgIpc) is 3.22. The number of aryl methyl sites for hydroxylation is 2. The summed E-state index contributed by atoms with van der Waals surface area (Å²) in [5, 5.41) is 4.89. The molecular formula is C24H22ClN3O2. The lowest BCUT2D eigenvalue weighted by atomic mass is 10.1. The van der Waals surface area contributed by atoms with Crippen LogP contribution in [0.2, 0.25) is 5.02 Å². The lowest BCUT2D eigenvalue weighted by Crippen LogP contribution is -1.96. The van der Waals surface area contributed by atoms with Crippen LogP contribution in [-0.2, 0) is 6.61 Å². The molecule has 1 aromatic heterocycles. The van der Waals surface area contributed by atoms with E-state index in [1.54, 1.807) is 0 Å². The van der Waals surface area contributed by atoms with E-state index in [-0.39, 0.29) is 0 Å². The molecule has 0 unspecified atom stereocenters. The smallest absolute Gasteiger partial charge is 0.258 e. The molecular weight excluding hydrogens is 398 g/mol. The van der Waals surface area contributed by atoms with Crippen molar-refractivity contribution in [3.05, 3.63) is 81.9 Å². The number of anilines is 1. The Labute approximate surface area is 180 Å². The number of nitrogens with zero attached hydrogens (tertiary/aromatic N) is 2. The fourth-order valence-electron chi connectivity index (χ4n) is 3.25. The van der Waals surface area contributed by atoms with Crippen molar-refractivity contribution in [3.8, 4) is 28.6 Å². The maximum absolute atomic E-state index is 6.22. The third kappa shape index (κ3) is 4.02. The van der Waals surface area contributed by atoms with E-state index in [2.05, 4.69) is 10.1 Å². The lowest BCUT2D eigenvalue weighted by Gasteiger charge is -2.10. The van der Waals surface area contributed by atoms with Gasteiger partial charge in [0, 0.05) is 21.8 Å². The zero-order valence-corrected chi connectivity index (χ0v) is 17.8. The summed E-state index contributed by atoms with van der Waals surface area (Å²) < 4.78 is 11.4. The van der Waals surface area contributed by atoms with Gasteiger partial charge in [-0.25, -0.2) is 0 Å². The average molecular weight is 420 g/mol. The van der Waals surface area contributed by atoms with E-state index < -0.39 is 0 Å². The molecule has 4 rings (SSSR count). The Morgan fingerprint density at radius 3 is 2.40 bits per heavy atom. The largest absolute Gasteiger partial charge is 0.489 e. The van der Waals surface area contributed by atoms with E-state index in [0.29, 0.717) is 24.0 Å². The first-order chi connectivity index (χ1) is 14.4. The molecule has 6 heteroatoms. The number of hydrogen-bond donors (Lipinski definition) is 1. The molecule has 5 nitrogen and oxygen atoms in total. The molecule has 0 fully saturated rings. The van der Waals surface area contributed by atoms with Crippen LogP contribution in [0.15, 0.2) is 59.1 Å². The predicted molar refractivity (Wildman–Crippen MR) is 120 cm³/mol. The van der Waals surface area contributed by atoms with Gasteiger partial charge in [-0.2, -0.15) is 4.98 Å². The van der Waals surface area contributed by atoms with Crippen LogP contribution < -0.4 is 10.5 Å². The molecule has 0 aliphatic rings. The van der Waals surface area contributed by atoms with Gasteiger partial charge >= 0.3 is 0 Å². The molecule has 0 atom stereocenters. The Hall–Kier alpha value is -3.31. The van der Waals surface area contributed by atoms with Gasteiger partial charge in [0.1, 0.15) is 12.4 Å².